The molecule has 7 nitrogen and oxygen atoms in total. The van der Waals surface area contributed by atoms with Crippen molar-refractivity contribution in [3.8, 4) is 17.2 Å². The van der Waals surface area contributed by atoms with Crippen LogP contribution < -0.4 is 10.4 Å². The zero-order valence-electron chi connectivity index (χ0n) is 15.1. The number of fused-ring (bicyclic) bond motifs is 3. The third kappa shape index (κ3) is 2.63. The molecule has 0 saturated carbocycles. The lowest BCUT2D eigenvalue weighted by Crippen LogP contribution is -2.23. The highest BCUT2D eigenvalue weighted by molar-refractivity contribution is 6.09. The highest BCUT2D eigenvalue weighted by atomic mass is 16.5. The van der Waals surface area contributed by atoms with Crippen molar-refractivity contribution in [2.75, 3.05) is 0 Å². The third-order valence-electron chi connectivity index (χ3n) is 4.93. The molecule has 0 bridgehead atoms. The van der Waals surface area contributed by atoms with Crippen molar-refractivity contribution in [2.24, 2.45) is 0 Å². The minimum atomic E-state index is -0.622. The Morgan fingerprint density at radius 1 is 1.14 bits per heavy atom. The van der Waals surface area contributed by atoms with Crippen molar-refractivity contribution in [1.82, 2.24) is 0 Å². The lowest BCUT2D eigenvalue weighted by atomic mass is 9.83. The van der Waals surface area contributed by atoms with E-state index in [1.165, 1.54) is 25.1 Å². The number of hydrogen-bond acceptors (Lipinski definition) is 7. The summed E-state index contributed by atoms with van der Waals surface area (Å²) in [7, 11) is 0. The van der Waals surface area contributed by atoms with E-state index in [1.54, 1.807) is 19.1 Å². The number of carbonyl (C=O) groups excluding carboxylic acids is 2. The maximum absolute atomic E-state index is 12.3. The van der Waals surface area contributed by atoms with E-state index in [-0.39, 0.29) is 40.2 Å². The second-order valence-electron chi connectivity index (χ2n) is 6.80. The van der Waals surface area contributed by atoms with Gasteiger partial charge < -0.3 is 19.4 Å². The fourth-order valence-corrected chi connectivity index (χ4v) is 3.73. The largest absolute Gasteiger partial charge is 0.508 e. The van der Waals surface area contributed by atoms with E-state index < -0.39 is 23.3 Å². The van der Waals surface area contributed by atoms with Gasteiger partial charge in [-0.25, -0.2) is 4.79 Å². The first kappa shape index (κ1) is 17.8. The Kier molecular flexibility index (Phi) is 3.96. The summed E-state index contributed by atoms with van der Waals surface area (Å²) in [5, 5.41) is 20.5. The molecule has 0 saturated heterocycles. The first-order chi connectivity index (χ1) is 13.3. The standard InChI is InChI=1S/C21H16O7/c1-9-7-14(24)27-20-16(9)19(26)17(10(2)22)21-18(20)13(8-15(25)28-21)11-3-5-12(23)6-4-11/h3-7,13,23,26H,8H2,1-2H3/t13-/m1/s1. The van der Waals surface area contributed by atoms with E-state index in [0.29, 0.717) is 16.7 Å². The van der Waals surface area contributed by atoms with Crippen molar-refractivity contribution < 1.29 is 29.0 Å². The number of phenols is 2. The summed E-state index contributed by atoms with van der Waals surface area (Å²) in [6, 6.07) is 7.46. The molecule has 7 heteroatoms. The maximum Gasteiger partial charge on any atom is 0.336 e. The zero-order chi connectivity index (χ0) is 20.2. The molecule has 4 rings (SSSR count). The first-order valence-electron chi connectivity index (χ1n) is 8.61. The van der Waals surface area contributed by atoms with Gasteiger partial charge in [-0.1, -0.05) is 12.1 Å². The number of esters is 1. The lowest BCUT2D eigenvalue weighted by Gasteiger charge is -2.27. The summed E-state index contributed by atoms with van der Waals surface area (Å²) in [6.07, 6.45) is -0.0490. The third-order valence-corrected chi connectivity index (χ3v) is 4.93. The lowest BCUT2D eigenvalue weighted by molar-refractivity contribution is -0.135. The normalized spacial score (nSPS) is 15.9. The van der Waals surface area contributed by atoms with Crippen LogP contribution in [0.1, 0.15) is 46.3 Å². The minimum absolute atomic E-state index is 0.0490. The molecule has 1 aromatic heterocycles. The fourth-order valence-electron chi connectivity index (χ4n) is 3.73. The smallest absolute Gasteiger partial charge is 0.336 e. The van der Waals surface area contributed by atoms with E-state index in [2.05, 4.69) is 0 Å². The van der Waals surface area contributed by atoms with Gasteiger partial charge in [-0.15, -0.1) is 0 Å². The second-order valence-corrected chi connectivity index (χ2v) is 6.80. The number of phenolic OH excluding ortho intramolecular Hbond substituents is 2. The highest BCUT2D eigenvalue weighted by Gasteiger charge is 2.37. The number of aromatic hydroxyl groups is 2. The molecule has 0 spiro atoms. The van der Waals surface area contributed by atoms with Crippen LogP contribution in [-0.2, 0) is 4.79 Å². The molecule has 2 N–H and O–H groups in total. The molecule has 2 heterocycles. The number of ether oxygens (including phenoxy) is 1. The van der Waals surface area contributed by atoms with E-state index in [1.807, 2.05) is 0 Å². The highest BCUT2D eigenvalue weighted by Crippen LogP contribution is 2.49. The van der Waals surface area contributed by atoms with Gasteiger partial charge in [0.25, 0.3) is 0 Å². The van der Waals surface area contributed by atoms with E-state index in [9.17, 15) is 24.6 Å². The Balaban J connectivity index is 2.17. The molecule has 28 heavy (non-hydrogen) atoms. The van der Waals surface area contributed by atoms with Crippen LogP contribution in [0.4, 0.5) is 0 Å². The average Bonchev–Trinajstić information content (AvgIpc) is 2.60. The van der Waals surface area contributed by atoms with Crippen molar-refractivity contribution in [2.45, 2.75) is 26.2 Å². The Morgan fingerprint density at radius 3 is 2.46 bits per heavy atom. The van der Waals surface area contributed by atoms with Crippen molar-refractivity contribution >= 4 is 22.7 Å². The van der Waals surface area contributed by atoms with Crippen LogP contribution in [0.3, 0.4) is 0 Å². The summed E-state index contributed by atoms with van der Waals surface area (Å²) in [5.41, 5.74) is 0.786. The average molecular weight is 380 g/mol. The van der Waals surface area contributed by atoms with E-state index in [4.69, 9.17) is 9.15 Å². The fraction of sp³-hybridized carbons (Fsp3) is 0.190. The number of ketones is 1. The number of carbonyl (C=O) groups is 2. The molecule has 0 unspecified atom stereocenters. The molecule has 0 amide bonds. The first-order valence-corrected chi connectivity index (χ1v) is 8.61. The molecule has 1 aliphatic rings. The molecule has 1 aliphatic heterocycles. The van der Waals surface area contributed by atoms with Crippen LogP contribution in [0.15, 0.2) is 39.5 Å². The molecule has 1 atom stereocenters. The Bertz CT molecular complexity index is 1200. The Morgan fingerprint density at radius 2 is 1.82 bits per heavy atom. The predicted molar refractivity (Wildman–Crippen MR) is 99.1 cm³/mol. The van der Waals surface area contributed by atoms with Gasteiger partial charge in [0.05, 0.1) is 11.8 Å². The van der Waals surface area contributed by atoms with Gasteiger partial charge in [-0.05, 0) is 37.1 Å². The SMILES string of the molecule is CC(=O)c1c2c(c3oc(=O)cc(C)c3c1O)[C@@H](c1ccc(O)cc1)CC(=O)O2. The van der Waals surface area contributed by atoms with E-state index >= 15 is 0 Å². The van der Waals surface area contributed by atoms with Gasteiger partial charge in [-0.3, -0.25) is 9.59 Å². The van der Waals surface area contributed by atoms with Gasteiger partial charge >= 0.3 is 11.6 Å². The molecule has 142 valence electrons. The predicted octanol–water partition coefficient (Wildman–Crippen LogP) is 3.16. The molecule has 2 aromatic carbocycles. The maximum atomic E-state index is 12.3. The van der Waals surface area contributed by atoms with Crippen molar-refractivity contribution in [3.63, 3.8) is 0 Å². The second kappa shape index (κ2) is 6.23. The molecule has 3 aromatic rings. The van der Waals surface area contributed by atoms with Crippen molar-refractivity contribution in [1.29, 1.82) is 0 Å². The number of rotatable bonds is 2. The molecular weight excluding hydrogens is 364 g/mol. The summed E-state index contributed by atoms with van der Waals surface area (Å²) in [5.74, 6) is -2.07. The van der Waals surface area contributed by atoms with Crippen LogP contribution in [0.2, 0.25) is 0 Å². The molecule has 0 radical (unpaired) electrons. The number of aryl methyl sites for hydroxylation is 1. The van der Waals surface area contributed by atoms with Gasteiger partial charge in [-0.2, -0.15) is 0 Å². The van der Waals surface area contributed by atoms with Gasteiger partial charge in [0.1, 0.15) is 22.6 Å². The Hall–Kier alpha value is -3.61. The van der Waals surface area contributed by atoms with Crippen LogP contribution >= 0.6 is 0 Å². The quantitative estimate of drug-likeness (QED) is 0.304. The monoisotopic (exact) mass is 380 g/mol. The van der Waals surface area contributed by atoms with Crippen LogP contribution in [0.25, 0.3) is 11.0 Å². The minimum Gasteiger partial charge on any atom is -0.508 e. The molecule has 0 fully saturated rings. The molecule has 0 aliphatic carbocycles. The van der Waals surface area contributed by atoms with Crippen LogP contribution in [0, 0.1) is 6.92 Å². The van der Waals surface area contributed by atoms with Crippen LogP contribution in [0.5, 0.6) is 17.2 Å². The number of hydrogen-bond donors (Lipinski definition) is 2. The topological polar surface area (TPSA) is 114 Å². The zero-order valence-corrected chi connectivity index (χ0v) is 15.1. The van der Waals surface area contributed by atoms with Gasteiger partial charge in [0, 0.05) is 17.5 Å². The summed E-state index contributed by atoms with van der Waals surface area (Å²) >= 11 is 0. The van der Waals surface area contributed by atoms with Crippen molar-refractivity contribution in [3.05, 3.63) is 63.0 Å². The number of benzene rings is 2. The number of Topliss-reactive ketones (excluding diaryl/α,β-unsaturated/α-hetero) is 1. The summed E-state index contributed by atoms with van der Waals surface area (Å²) < 4.78 is 10.7. The van der Waals surface area contributed by atoms with Gasteiger partial charge in [0.2, 0.25) is 0 Å². The van der Waals surface area contributed by atoms with Gasteiger partial charge in [0.15, 0.2) is 11.5 Å². The summed E-state index contributed by atoms with van der Waals surface area (Å²) in [6.45, 7) is 2.88. The van der Waals surface area contributed by atoms with Crippen LogP contribution in [-0.4, -0.2) is 22.0 Å². The Labute approximate surface area is 158 Å². The van der Waals surface area contributed by atoms with E-state index in [0.717, 1.165) is 0 Å². The molecular formula is C21H16O7. The summed E-state index contributed by atoms with van der Waals surface area (Å²) in [4.78, 5) is 36.6.